The molecule has 0 aromatic heterocycles. The molecule has 0 aromatic carbocycles. The maximum atomic E-state index is 8.36. The first-order valence-corrected chi connectivity index (χ1v) is 3.42. The van der Waals surface area contributed by atoms with Gasteiger partial charge >= 0.3 is 0 Å². The fourth-order valence-corrected chi connectivity index (χ4v) is 0.592. The maximum Gasteiger partial charge on any atom is 0.0669 e. The van der Waals surface area contributed by atoms with Gasteiger partial charge in [0.05, 0.1) is 12.5 Å². The molecule has 0 bridgehead atoms. The first-order valence-electron chi connectivity index (χ1n) is 3.42. The van der Waals surface area contributed by atoms with Crippen molar-refractivity contribution in [1.29, 1.82) is 5.26 Å². The van der Waals surface area contributed by atoms with Gasteiger partial charge in [-0.05, 0) is 24.8 Å². The summed E-state index contributed by atoms with van der Waals surface area (Å²) < 4.78 is 0. The van der Waals surface area contributed by atoms with Gasteiger partial charge in [0.15, 0.2) is 0 Å². The molecule has 11 heavy (non-hydrogen) atoms. The van der Waals surface area contributed by atoms with E-state index in [1.807, 2.05) is 25.2 Å². The highest BCUT2D eigenvalue weighted by Crippen LogP contribution is 2.01. The molecule has 0 aliphatic heterocycles. The number of hydrogen-bond donors (Lipinski definition) is 1. The summed E-state index contributed by atoms with van der Waals surface area (Å²) in [7, 11) is 0. The molecule has 0 saturated carbocycles. The van der Waals surface area contributed by atoms with E-state index >= 15 is 0 Å². The molecule has 0 rings (SSSR count). The third kappa shape index (κ3) is 4.98. The molecular formula is C9H12N2. The number of nitriles is 1. The predicted octanol–water partition coefficient (Wildman–Crippen LogP) is 1.87. The summed E-state index contributed by atoms with van der Waals surface area (Å²) >= 11 is 0. The molecule has 0 fully saturated rings. The molecular weight excluding hydrogens is 136 g/mol. The van der Waals surface area contributed by atoms with Crippen LogP contribution < -0.4 is 5.73 Å². The van der Waals surface area contributed by atoms with Crippen molar-refractivity contribution in [3.8, 4) is 6.07 Å². The number of nitrogens with two attached hydrogens (primary N) is 1. The monoisotopic (exact) mass is 148 g/mol. The van der Waals surface area contributed by atoms with Crippen LogP contribution in [0.25, 0.3) is 0 Å². The SMILES string of the molecule is C\C=C(/C=C\C=C\N)CC#N. The first kappa shape index (κ1) is 9.51. The van der Waals surface area contributed by atoms with Crippen molar-refractivity contribution < 1.29 is 0 Å². The minimum atomic E-state index is 0.450. The van der Waals surface area contributed by atoms with Crippen LogP contribution in [0.2, 0.25) is 0 Å². The molecule has 0 atom stereocenters. The van der Waals surface area contributed by atoms with Gasteiger partial charge in [0.25, 0.3) is 0 Å². The molecule has 0 saturated heterocycles. The second-order valence-corrected chi connectivity index (χ2v) is 1.94. The smallest absolute Gasteiger partial charge is 0.0669 e. The highest BCUT2D eigenvalue weighted by atomic mass is 14.5. The van der Waals surface area contributed by atoms with Crippen LogP contribution in [0.1, 0.15) is 13.3 Å². The lowest BCUT2D eigenvalue weighted by atomic mass is 10.2. The number of allylic oxidation sites excluding steroid dienone is 5. The number of nitrogens with zero attached hydrogens (tertiary/aromatic N) is 1. The number of rotatable bonds is 3. The Balaban J connectivity index is 4.01. The van der Waals surface area contributed by atoms with E-state index in [0.717, 1.165) is 5.57 Å². The zero-order valence-electron chi connectivity index (χ0n) is 6.62. The van der Waals surface area contributed by atoms with Crippen molar-refractivity contribution in [2.45, 2.75) is 13.3 Å². The Bertz CT molecular complexity index is 216. The average molecular weight is 148 g/mol. The zero-order chi connectivity index (χ0) is 8.53. The highest BCUT2D eigenvalue weighted by Gasteiger charge is 1.85. The normalized spacial score (nSPS) is 12.5. The minimum absolute atomic E-state index is 0.450. The van der Waals surface area contributed by atoms with Gasteiger partial charge in [-0.25, -0.2) is 0 Å². The van der Waals surface area contributed by atoms with Crippen molar-refractivity contribution >= 4 is 0 Å². The molecule has 0 heterocycles. The Morgan fingerprint density at radius 3 is 2.73 bits per heavy atom. The second kappa shape index (κ2) is 6.63. The lowest BCUT2D eigenvalue weighted by Gasteiger charge is -1.88. The van der Waals surface area contributed by atoms with Gasteiger partial charge in [-0.1, -0.05) is 18.2 Å². The Hall–Kier alpha value is -1.49. The van der Waals surface area contributed by atoms with Crippen molar-refractivity contribution in [2.75, 3.05) is 0 Å². The quantitative estimate of drug-likeness (QED) is 0.621. The standard InChI is InChI=1S/C9H12N2/c1-2-9(6-8-11)5-3-4-7-10/h2-5,7H,6,10H2,1H3/b5-3-,7-4+,9-2+. The lowest BCUT2D eigenvalue weighted by molar-refractivity contribution is 1.26. The van der Waals surface area contributed by atoms with E-state index < -0.39 is 0 Å². The topological polar surface area (TPSA) is 49.8 Å². The summed E-state index contributed by atoms with van der Waals surface area (Å²) in [4.78, 5) is 0. The molecule has 0 aromatic rings. The first-order chi connectivity index (χ1) is 5.35. The summed E-state index contributed by atoms with van der Waals surface area (Å²) in [6.07, 6.45) is 9.21. The van der Waals surface area contributed by atoms with Crippen molar-refractivity contribution in [1.82, 2.24) is 0 Å². The second-order valence-electron chi connectivity index (χ2n) is 1.94. The Morgan fingerprint density at radius 2 is 2.27 bits per heavy atom. The molecule has 0 unspecified atom stereocenters. The molecule has 2 heteroatoms. The van der Waals surface area contributed by atoms with Gasteiger partial charge in [0.1, 0.15) is 0 Å². The van der Waals surface area contributed by atoms with E-state index in [1.165, 1.54) is 6.20 Å². The van der Waals surface area contributed by atoms with E-state index in [-0.39, 0.29) is 0 Å². The van der Waals surface area contributed by atoms with E-state index in [0.29, 0.717) is 6.42 Å². The van der Waals surface area contributed by atoms with E-state index in [9.17, 15) is 0 Å². The van der Waals surface area contributed by atoms with Crippen LogP contribution in [-0.4, -0.2) is 0 Å². The predicted molar refractivity (Wildman–Crippen MR) is 46.5 cm³/mol. The summed E-state index contributed by atoms with van der Waals surface area (Å²) in [5, 5.41) is 8.36. The third-order valence-corrected chi connectivity index (χ3v) is 1.19. The van der Waals surface area contributed by atoms with Crippen LogP contribution in [0.4, 0.5) is 0 Å². The molecule has 0 amide bonds. The Labute approximate surface area is 67.3 Å². The van der Waals surface area contributed by atoms with E-state index in [1.54, 1.807) is 6.08 Å². The summed E-state index contributed by atoms with van der Waals surface area (Å²) in [6.45, 7) is 1.91. The zero-order valence-corrected chi connectivity index (χ0v) is 6.62. The molecule has 2 nitrogen and oxygen atoms in total. The minimum Gasteiger partial charge on any atom is -0.405 e. The summed E-state index contributed by atoms with van der Waals surface area (Å²) in [5.74, 6) is 0. The fourth-order valence-electron chi connectivity index (χ4n) is 0.592. The molecule has 0 radical (unpaired) electrons. The molecule has 0 spiro atoms. The van der Waals surface area contributed by atoms with Crippen molar-refractivity contribution in [3.63, 3.8) is 0 Å². The maximum absolute atomic E-state index is 8.36. The third-order valence-electron chi connectivity index (χ3n) is 1.19. The Kier molecular flexibility index (Phi) is 5.73. The lowest BCUT2D eigenvalue weighted by Crippen LogP contribution is -1.75. The summed E-state index contributed by atoms with van der Waals surface area (Å²) in [6, 6.07) is 2.07. The van der Waals surface area contributed by atoms with Crippen LogP contribution in [-0.2, 0) is 0 Å². The van der Waals surface area contributed by atoms with Crippen molar-refractivity contribution in [3.05, 3.63) is 36.1 Å². The Morgan fingerprint density at radius 1 is 1.55 bits per heavy atom. The van der Waals surface area contributed by atoms with E-state index in [4.69, 9.17) is 11.0 Å². The fraction of sp³-hybridized carbons (Fsp3) is 0.222. The van der Waals surface area contributed by atoms with Gasteiger partial charge in [0.2, 0.25) is 0 Å². The molecule has 2 N–H and O–H groups in total. The largest absolute Gasteiger partial charge is 0.405 e. The van der Waals surface area contributed by atoms with Gasteiger partial charge in [-0.2, -0.15) is 5.26 Å². The van der Waals surface area contributed by atoms with Gasteiger partial charge < -0.3 is 5.73 Å². The van der Waals surface area contributed by atoms with Gasteiger partial charge in [0, 0.05) is 0 Å². The summed E-state index contributed by atoms with van der Waals surface area (Å²) in [5.41, 5.74) is 6.12. The van der Waals surface area contributed by atoms with Gasteiger partial charge in [-0.15, -0.1) is 0 Å². The number of hydrogen-bond acceptors (Lipinski definition) is 2. The molecule has 58 valence electrons. The van der Waals surface area contributed by atoms with Crippen LogP contribution in [0, 0.1) is 11.3 Å². The average Bonchev–Trinajstić information content (AvgIpc) is 2.03. The highest BCUT2D eigenvalue weighted by molar-refractivity contribution is 5.24. The van der Waals surface area contributed by atoms with E-state index in [2.05, 4.69) is 6.07 Å². The molecule has 0 aliphatic carbocycles. The van der Waals surface area contributed by atoms with Crippen LogP contribution in [0.3, 0.4) is 0 Å². The van der Waals surface area contributed by atoms with Crippen LogP contribution in [0.15, 0.2) is 36.1 Å². The van der Waals surface area contributed by atoms with Gasteiger partial charge in [-0.3, -0.25) is 0 Å². The molecule has 0 aliphatic rings. The van der Waals surface area contributed by atoms with Crippen molar-refractivity contribution in [2.24, 2.45) is 5.73 Å². The van der Waals surface area contributed by atoms with Crippen LogP contribution in [0.5, 0.6) is 0 Å². The van der Waals surface area contributed by atoms with Crippen LogP contribution >= 0.6 is 0 Å².